The molecule has 0 radical (unpaired) electrons. The Morgan fingerprint density at radius 1 is 1.12 bits per heavy atom. The molecule has 8 nitrogen and oxygen atoms in total. The number of carbonyl (C=O) groups excluding carboxylic acids is 2. The topological polar surface area (TPSA) is 91.3 Å². The number of fused-ring (bicyclic) bond motifs is 1. The molecule has 3 aromatic rings. The minimum atomic E-state index is -1.07. The van der Waals surface area contributed by atoms with Gasteiger partial charge in [0.15, 0.2) is 0 Å². The van der Waals surface area contributed by atoms with Gasteiger partial charge in [0.25, 0.3) is 0 Å². The minimum absolute atomic E-state index is 0.0480. The molecular formula is C25H23FN6O2. The molecule has 0 aromatic carbocycles. The Hall–Kier alpha value is -3.90. The van der Waals surface area contributed by atoms with Crippen LogP contribution in [0.3, 0.4) is 0 Å². The summed E-state index contributed by atoms with van der Waals surface area (Å²) in [5, 5.41) is 4.29. The van der Waals surface area contributed by atoms with Crippen LogP contribution in [0.25, 0.3) is 10.8 Å². The highest BCUT2D eigenvalue weighted by atomic mass is 19.1. The predicted molar refractivity (Wildman–Crippen MR) is 126 cm³/mol. The summed E-state index contributed by atoms with van der Waals surface area (Å²) in [5.41, 5.74) is 2.76. The lowest BCUT2D eigenvalue weighted by Crippen LogP contribution is -2.48. The van der Waals surface area contributed by atoms with Crippen molar-refractivity contribution in [3.05, 3.63) is 53.7 Å². The summed E-state index contributed by atoms with van der Waals surface area (Å²) in [4.78, 5) is 41.2. The molecule has 2 amide bonds. The van der Waals surface area contributed by atoms with Crippen LogP contribution >= 0.6 is 0 Å². The number of pyridine rings is 3. The van der Waals surface area contributed by atoms with E-state index >= 15 is 0 Å². The van der Waals surface area contributed by atoms with E-state index in [2.05, 4.69) is 32.1 Å². The van der Waals surface area contributed by atoms with Gasteiger partial charge in [-0.05, 0) is 44.5 Å². The molecule has 172 valence electrons. The van der Waals surface area contributed by atoms with Crippen LogP contribution in [0.2, 0.25) is 0 Å². The van der Waals surface area contributed by atoms with E-state index in [0.29, 0.717) is 30.2 Å². The van der Waals surface area contributed by atoms with Crippen LogP contribution < -0.4 is 10.2 Å². The first-order chi connectivity index (χ1) is 16.4. The van der Waals surface area contributed by atoms with Crippen molar-refractivity contribution in [3.63, 3.8) is 0 Å². The van der Waals surface area contributed by atoms with Gasteiger partial charge in [0.05, 0.1) is 29.9 Å². The Kier molecular flexibility index (Phi) is 5.67. The van der Waals surface area contributed by atoms with Crippen LogP contribution in [0.4, 0.5) is 15.9 Å². The van der Waals surface area contributed by atoms with E-state index in [1.807, 2.05) is 24.9 Å². The number of carbonyl (C=O) groups is 2. The molecule has 1 saturated carbocycles. The van der Waals surface area contributed by atoms with Gasteiger partial charge in [-0.15, -0.1) is 0 Å². The molecule has 34 heavy (non-hydrogen) atoms. The summed E-state index contributed by atoms with van der Waals surface area (Å²) in [5.74, 6) is 5.60. The second-order valence-corrected chi connectivity index (χ2v) is 8.65. The van der Waals surface area contributed by atoms with Crippen molar-refractivity contribution in [2.24, 2.45) is 5.92 Å². The van der Waals surface area contributed by atoms with E-state index in [1.54, 1.807) is 35.6 Å². The molecule has 1 aliphatic carbocycles. The van der Waals surface area contributed by atoms with Gasteiger partial charge in [-0.25, -0.2) is 14.4 Å². The smallest absolute Gasteiger partial charge is 0.241 e. The second kappa shape index (κ2) is 8.80. The zero-order chi connectivity index (χ0) is 23.8. The van der Waals surface area contributed by atoms with Crippen molar-refractivity contribution in [2.45, 2.75) is 19.5 Å². The lowest BCUT2D eigenvalue weighted by Gasteiger charge is -2.31. The number of anilines is 2. The molecule has 0 bridgehead atoms. The number of rotatable bonds is 3. The third-order valence-electron chi connectivity index (χ3n) is 6.07. The summed E-state index contributed by atoms with van der Waals surface area (Å²) in [6.45, 7) is 3.70. The average molecular weight is 458 g/mol. The molecule has 5 rings (SSSR count). The number of hydrogen-bond donors (Lipinski definition) is 1. The van der Waals surface area contributed by atoms with Crippen molar-refractivity contribution >= 4 is 34.1 Å². The van der Waals surface area contributed by atoms with Crippen LogP contribution in [0.15, 0.2) is 36.8 Å². The van der Waals surface area contributed by atoms with Crippen LogP contribution in [0.5, 0.6) is 0 Å². The normalized spacial score (nSPS) is 20.1. The fourth-order valence-electron chi connectivity index (χ4n) is 3.90. The molecule has 1 saturated heterocycles. The first-order valence-corrected chi connectivity index (χ1v) is 11.1. The van der Waals surface area contributed by atoms with E-state index in [9.17, 15) is 14.0 Å². The minimum Gasteiger partial charge on any atom is -0.310 e. The number of hydrogen-bond acceptors (Lipinski definition) is 6. The van der Waals surface area contributed by atoms with Gasteiger partial charge in [-0.3, -0.25) is 19.5 Å². The summed E-state index contributed by atoms with van der Waals surface area (Å²) in [6.07, 6.45) is 4.16. The standard InChI is InChI=1S/C25H23FN6O2/c1-15-21-13-29-23(30-25(34)20-9-22(20)26)10-19(21)16(11-27-15)3-4-17-5-6-18(12-28-17)32-8-7-31(2)14-24(32)33/h5-6,10-13,20,22H,7-9,14H2,1-2H3,(H,29,30,34)/t20-,22+/m1/s1. The monoisotopic (exact) mass is 458 g/mol. The maximum absolute atomic E-state index is 13.2. The van der Waals surface area contributed by atoms with E-state index in [-0.39, 0.29) is 18.2 Å². The number of aromatic nitrogens is 3. The quantitative estimate of drug-likeness (QED) is 0.606. The maximum Gasteiger partial charge on any atom is 0.241 e. The number of likely N-dealkylation sites (N-methyl/N-ethyl adjacent to an activating group) is 1. The van der Waals surface area contributed by atoms with Crippen LogP contribution in [-0.2, 0) is 9.59 Å². The van der Waals surface area contributed by atoms with Crippen LogP contribution in [0.1, 0.15) is 23.4 Å². The Bertz CT molecular complexity index is 1350. The fourth-order valence-corrected chi connectivity index (χ4v) is 3.90. The highest BCUT2D eigenvalue weighted by Crippen LogP contribution is 2.34. The number of amides is 2. The average Bonchev–Trinajstić information content (AvgIpc) is 3.56. The largest absolute Gasteiger partial charge is 0.310 e. The van der Waals surface area contributed by atoms with Gasteiger partial charge in [0, 0.05) is 41.9 Å². The first kappa shape index (κ1) is 21.9. The molecule has 2 atom stereocenters. The molecule has 3 aromatic heterocycles. The SMILES string of the molecule is Cc1ncc(C#Cc2ccc(N3CCN(C)CC3=O)cn2)c2cc(NC(=O)[C@@H]3C[C@@H]3F)ncc12. The Morgan fingerprint density at radius 3 is 2.65 bits per heavy atom. The van der Waals surface area contributed by atoms with E-state index in [0.717, 1.165) is 28.7 Å². The number of piperazine rings is 1. The first-order valence-electron chi connectivity index (χ1n) is 11.1. The Labute approximate surface area is 196 Å². The molecule has 4 heterocycles. The van der Waals surface area contributed by atoms with Crippen molar-refractivity contribution in [1.82, 2.24) is 19.9 Å². The lowest BCUT2D eigenvalue weighted by atomic mass is 10.1. The van der Waals surface area contributed by atoms with Crippen LogP contribution in [0, 0.1) is 24.7 Å². The third-order valence-corrected chi connectivity index (χ3v) is 6.07. The number of aryl methyl sites for hydroxylation is 1. The van der Waals surface area contributed by atoms with Crippen molar-refractivity contribution < 1.29 is 14.0 Å². The zero-order valence-electron chi connectivity index (χ0n) is 18.9. The van der Waals surface area contributed by atoms with Crippen LogP contribution in [-0.4, -0.2) is 64.5 Å². The fraction of sp³-hybridized carbons (Fsp3) is 0.320. The summed E-state index contributed by atoms with van der Waals surface area (Å²) in [6, 6.07) is 5.37. The van der Waals surface area contributed by atoms with Gasteiger partial charge in [-0.2, -0.15) is 0 Å². The third kappa shape index (κ3) is 4.45. The molecule has 0 unspecified atom stereocenters. The molecule has 1 aliphatic heterocycles. The van der Waals surface area contributed by atoms with Gasteiger partial charge < -0.3 is 10.2 Å². The van der Waals surface area contributed by atoms with Crippen molar-refractivity contribution in [1.29, 1.82) is 0 Å². The van der Waals surface area contributed by atoms with Crippen molar-refractivity contribution in [3.8, 4) is 11.8 Å². The molecule has 1 N–H and O–H groups in total. The number of alkyl halides is 1. The van der Waals surface area contributed by atoms with Gasteiger partial charge in [0.2, 0.25) is 11.8 Å². The number of nitrogens with one attached hydrogen (secondary N) is 1. The molecule has 9 heteroatoms. The zero-order valence-corrected chi connectivity index (χ0v) is 18.9. The Balaban J connectivity index is 1.39. The lowest BCUT2D eigenvalue weighted by molar-refractivity contribution is -0.121. The highest BCUT2D eigenvalue weighted by Gasteiger charge is 2.43. The Morgan fingerprint density at radius 2 is 1.94 bits per heavy atom. The molecule has 2 fully saturated rings. The number of nitrogens with zero attached hydrogens (tertiary/aromatic N) is 5. The van der Waals surface area contributed by atoms with Gasteiger partial charge >= 0.3 is 0 Å². The second-order valence-electron chi connectivity index (χ2n) is 8.65. The summed E-state index contributed by atoms with van der Waals surface area (Å²) >= 11 is 0. The molecule has 0 spiro atoms. The highest BCUT2D eigenvalue weighted by molar-refractivity contribution is 5.97. The number of halogens is 1. The maximum atomic E-state index is 13.2. The van der Waals surface area contributed by atoms with E-state index < -0.39 is 12.1 Å². The van der Waals surface area contributed by atoms with E-state index in [1.165, 1.54) is 0 Å². The van der Waals surface area contributed by atoms with E-state index in [4.69, 9.17) is 0 Å². The molecule has 2 aliphatic rings. The summed E-state index contributed by atoms with van der Waals surface area (Å²) < 4.78 is 13.2. The van der Waals surface area contributed by atoms with Gasteiger partial charge in [-0.1, -0.05) is 5.92 Å². The predicted octanol–water partition coefficient (Wildman–Crippen LogP) is 2.31. The van der Waals surface area contributed by atoms with Crippen molar-refractivity contribution in [2.75, 3.05) is 36.9 Å². The summed E-state index contributed by atoms with van der Waals surface area (Å²) in [7, 11) is 1.93. The molecular weight excluding hydrogens is 435 g/mol. The van der Waals surface area contributed by atoms with Gasteiger partial charge in [0.1, 0.15) is 17.7 Å².